The largest absolute Gasteiger partial charge is 0.478 e. The predicted molar refractivity (Wildman–Crippen MR) is 72.0 cm³/mol. The van der Waals surface area contributed by atoms with Crippen LogP contribution in [0.3, 0.4) is 0 Å². The van der Waals surface area contributed by atoms with Crippen molar-refractivity contribution in [3.63, 3.8) is 0 Å². The fourth-order valence-corrected chi connectivity index (χ4v) is 2.26. The van der Waals surface area contributed by atoms with Crippen LogP contribution in [0.15, 0.2) is 6.20 Å². The summed E-state index contributed by atoms with van der Waals surface area (Å²) < 4.78 is 5.50. The number of carboxylic acids is 1. The molecule has 0 spiro atoms. The molecule has 110 valence electrons. The van der Waals surface area contributed by atoms with Gasteiger partial charge in [-0.05, 0) is 19.8 Å². The molecule has 0 aromatic carbocycles. The van der Waals surface area contributed by atoms with Crippen LogP contribution in [0.25, 0.3) is 0 Å². The van der Waals surface area contributed by atoms with Gasteiger partial charge in [-0.25, -0.2) is 14.8 Å². The topological polar surface area (TPSA) is 95.8 Å². The first-order valence-corrected chi connectivity index (χ1v) is 6.66. The third-order valence-electron chi connectivity index (χ3n) is 3.37. The molecule has 7 nitrogen and oxygen atoms in total. The molecule has 0 saturated carbocycles. The molecule has 20 heavy (non-hydrogen) atoms. The molecule has 0 unspecified atom stereocenters. The van der Waals surface area contributed by atoms with Crippen molar-refractivity contribution < 1.29 is 19.7 Å². The first kappa shape index (κ1) is 14.7. The molecule has 0 amide bonds. The molecule has 1 aliphatic rings. The Morgan fingerprint density at radius 2 is 2.20 bits per heavy atom. The van der Waals surface area contributed by atoms with E-state index in [1.54, 1.807) is 6.92 Å². The molecule has 1 saturated heterocycles. The van der Waals surface area contributed by atoms with Crippen molar-refractivity contribution in [3.8, 4) is 0 Å². The van der Waals surface area contributed by atoms with E-state index in [4.69, 9.17) is 14.9 Å². The SMILES string of the molecule is Cc1nc(N2CCC(OCCO)CC2)ncc1C(=O)O. The Morgan fingerprint density at radius 3 is 2.75 bits per heavy atom. The molecule has 2 rings (SSSR count). The van der Waals surface area contributed by atoms with Gasteiger partial charge in [0.05, 0.1) is 30.6 Å². The second-order valence-corrected chi connectivity index (χ2v) is 4.76. The number of hydrogen-bond acceptors (Lipinski definition) is 6. The van der Waals surface area contributed by atoms with Gasteiger partial charge >= 0.3 is 5.97 Å². The molecule has 1 aromatic rings. The van der Waals surface area contributed by atoms with E-state index < -0.39 is 5.97 Å². The van der Waals surface area contributed by atoms with E-state index in [0.717, 1.165) is 25.9 Å². The maximum atomic E-state index is 10.9. The lowest BCUT2D eigenvalue weighted by atomic mass is 10.1. The number of ether oxygens (including phenoxy) is 1. The molecular formula is C13H19N3O4. The minimum absolute atomic E-state index is 0.0408. The van der Waals surface area contributed by atoms with Crippen LogP contribution in [0.2, 0.25) is 0 Å². The number of rotatable bonds is 5. The van der Waals surface area contributed by atoms with E-state index in [-0.39, 0.29) is 18.3 Å². The van der Waals surface area contributed by atoms with Gasteiger partial charge in [-0.15, -0.1) is 0 Å². The monoisotopic (exact) mass is 281 g/mol. The van der Waals surface area contributed by atoms with Gasteiger partial charge in [-0.1, -0.05) is 0 Å². The molecule has 0 radical (unpaired) electrons. The van der Waals surface area contributed by atoms with Crippen molar-refractivity contribution >= 4 is 11.9 Å². The summed E-state index contributed by atoms with van der Waals surface area (Å²) in [4.78, 5) is 21.3. The summed E-state index contributed by atoms with van der Waals surface area (Å²) in [5, 5.41) is 17.7. The van der Waals surface area contributed by atoms with Crippen LogP contribution < -0.4 is 4.90 Å². The number of piperidine rings is 1. The van der Waals surface area contributed by atoms with Crippen LogP contribution >= 0.6 is 0 Å². The number of aliphatic hydroxyl groups excluding tert-OH is 1. The highest BCUT2D eigenvalue weighted by Crippen LogP contribution is 2.19. The van der Waals surface area contributed by atoms with Crippen LogP contribution in [-0.4, -0.2) is 58.6 Å². The van der Waals surface area contributed by atoms with Gasteiger partial charge in [0.2, 0.25) is 5.95 Å². The van der Waals surface area contributed by atoms with Crippen molar-refractivity contribution in [3.05, 3.63) is 17.5 Å². The van der Waals surface area contributed by atoms with Gasteiger partial charge < -0.3 is 19.8 Å². The van der Waals surface area contributed by atoms with Crippen LogP contribution in [-0.2, 0) is 4.74 Å². The Morgan fingerprint density at radius 1 is 1.50 bits per heavy atom. The maximum Gasteiger partial charge on any atom is 0.339 e. The van der Waals surface area contributed by atoms with Crippen molar-refractivity contribution in [1.29, 1.82) is 0 Å². The van der Waals surface area contributed by atoms with Crippen molar-refractivity contribution in [2.24, 2.45) is 0 Å². The second kappa shape index (κ2) is 6.62. The number of aromatic carboxylic acids is 1. The van der Waals surface area contributed by atoms with Crippen molar-refractivity contribution in [1.82, 2.24) is 9.97 Å². The van der Waals surface area contributed by atoms with Gasteiger partial charge in [0.15, 0.2) is 0 Å². The lowest BCUT2D eigenvalue weighted by Crippen LogP contribution is -2.38. The van der Waals surface area contributed by atoms with Crippen LogP contribution in [0.4, 0.5) is 5.95 Å². The number of hydrogen-bond donors (Lipinski definition) is 2. The van der Waals surface area contributed by atoms with Crippen molar-refractivity contribution in [2.45, 2.75) is 25.9 Å². The van der Waals surface area contributed by atoms with Crippen molar-refractivity contribution in [2.75, 3.05) is 31.2 Å². The van der Waals surface area contributed by atoms with Crippen LogP contribution in [0, 0.1) is 6.92 Å². The predicted octanol–water partition coefficient (Wildman–Crippen LogP) is 0.461. The molecule has 0 aliphatic carbocycles. The molecule has 2 N–H and O–H groups in total. The normalized spacial score (nSPS) is 16.4. The minimum Gasteiger partial charge on any atom is -0.478 e. The number of carbonyl (C=O) groups is 1. The molecule has 7 heteroatoms. The van der Waals surface area contributed by atoms with Gasteiger partial charge in [0, 0.05) is 19.3 Å². The fraction of sp³-hybridized carbons (Fsp3) is 0.615. The highest BCUT2D eigenvalue weighted by Gasteiger charge is 2.22. The number of nitrogens with zero attached hydrogens (tertiary/aromatic N) is 3. The minimum atomic E-state index is -1.01. The summed E-state index contributed by atoms with van der Waals surface area (Å²) in [6, 6.07) is 0. The lowest BCUT2D eigenvalue weighted by Gasteiger charge is -2.31. The van der Waals surface area contributed by atoms with E-state index in [9.17, 15) is 4.79 Å². The van der Waals surface area contributed by atoms with E-state index in [0.29, 0.717) is 18.2 Å². The fourth-order valence-electron chi connectivity index (χ4n) is 2.26. The Balaban J connectivity index is 1.97. The first-order chi connectivity index (χ1) is 9.61. The summed E-state index contributed by atoms with van der Waals surface area (Å²) in [7, 11) is 0. The zero-order valence-corrected chi connectivity index (χ0v) is 11.4. The second-order valence-electron chi connectivity index (χ2n) is 4.76. The molecule has 1 aromatic heterocycles. The van der Waals surface area contributed by atoms with Gasteiger partial charge in [0.25, 0.3) is 0 Å². The summed E-state index contributed by atoms with van der Waals surface area (Å²) in [6.45, 7) is 3.61. The third kappa shape index (κ3) is 3.43. The summed E-state index contributed by atoms with van der Waals surface area (Å²) in [6.07, 6.45) is 3.22. The summed E-state index contributed by atoms with van der Waals surface area (Å²) in [5.41, 5.74) is 0.607. The maximum absolute atomic E-state index is 10.9. The zero-order chi connectivity index (χ0) is 14.5. The van der Waals surface area contributed by atoms with Gasteiger partial charge in [0.1, 0.15) is 0 Å². The molecule has 1 fully saturated rings. The quantitative estimate of drug-likeness (QED) is 0.809. The number of carboxylic acid groups (broad SMARTS) is 1. The zero-order valence-electron chi connectivity index (χ0n) is 11.4. The van der Waals surface area contributed by atoms with Gasteiger partial charge in [-0.2, -0.15) is 0 Å². The van der Waals surface area contributed by atoms with E-state index in [1.165, 1.54) is 6.20 Å². The van der Waals surface area contributed by atoms with E-state index in [2.05, 4.69) is 9.97 Å². The van der Waals surface area contributed by atoms with Crippen LogP contribution in [0.1, 0.15) is 28.9 Å². The average Bonchev–Trinajstić information content (AvgIpc) is 2.45. The van der Waals surface area contributed by atoms with Crippen LogP contribution in [0.5, 0.6) is 0 Å². The molecule has 0 atom stereocenters. The smallest absolute Gasteiger partial charge is 0.339 e. The average molecular weight is 281 g/mol. The summed E-state index contributed by atoms with van der Waals surface area (Å²) in [5.74, 6) is -0.446. The Bertz CT molecular complexity index is 473. The number of aryl methyl sites for hydroxylation is 1. The lowest BCUT2D eigenvalue weighted by molar-refractivity contribution is 0.0157. The highest BCUT2D eigenvalue weighted by atomic mass is 16.5. The molecule has 0 bridgehead atoms. The van der Waals surface area contributed by atoms with Gasteiger partial charge in [-0.3, -0.25) is 0 Å². The highest BCUT2D eigenvalue weighted by molar-refractivity contribution is 5.88. The number of aliphatic hydroxyl groups is 1. The number of aromatic nitrogens is 2. The first-order valence-electron chi connectivity index (χ1n) is 6.66. The molecular weight excluding hydrogens is 262 g/mol. The Kier molecular flexibility index (Phi) is 4.86. The molecule has 2 heterocycles. The standard InChI is InChI=1S/C13H19N3O4/c1-9-11(12(18)19)8-14-13(15-9)16-4-2-10(3-5-16)20-7-6-17/h8,10,17H,2-7H2,1H3,(H,18,19). The Labute approximate surface area is 117 Å². The van der Waals surface area contributed by atoms with E-state index in [1.807, 2.05) is 4.90 Å². The summed E-state index contributed by atoms with van der Waals surface area (Å²) >= 11 is 0. The third-order valence-corrected chi connectivity index (χ3v) is 3.37. The number of anilines is 1. The van der Waals surface area contributed by atoms with E-state index >= 15 is 0 Å². The molecule has 1 aliphatic heterocycles. The Hall–Kier alpha value is -1.73.